The molecule has 0 rings (SSSR count). The number of hydrogen-bond donors (Lipinski definition) is 0. The van der Waals surface area contributed by atoms with Crippen LogP contribution in [0.3, 0.4) is 0 Å². The highest BCUT2D eigenvalue weighted by atomic mass is 31.2. The summed E-state index contributed by atoms with van der Waals surface area (Å²) in [6.45, 7) is 11.1. The maximum Gasteiger partial charge on any atom is 0.474 e. The second-order valence-corrected chi connectivity index (χ2v) is 6.33. The quantitative estimate of drug-likeness (QED) is 0.584. The van der Waals surface area contributed by atoms with Gasteiger partial charge in [-0.05, 0) is 18.3 Å². The zero-order valence-corrected chi connectivity index (χ0v) is 12.0. The summed E-state index contributed by atoms with van der Waals surface area (Å²) in [7, 11) is -3.34. The molecule has 0 aliphatic carbocycles. The van der Waals surface area contributed by atoms with Gasteiger partial charge >= 0.3 is 7.82 Å². The first-order chi connectivity index (χ1) is 7.39. The van der Waals surface area contributed by atoms with Crippen LogP contribution in [0.25, 0.3) is 0 Å². The molecular weight excluding hydrogens is 227 g/mol. The average Bonchev–Trinajstić information content (AvgIpc) is 2.21. The topological polar surface area (TPSA) is 44.8 Å². The lowest BCUT2D eigenvalue weighted by molar-refractivity contribution is 0.0957. The van der Waals surface area contributed by atoms with E-state index in [4.69, 9.17) is 13.6 Å². The van der Waals surface area contributed by atoms with Gasteiger partial charge in [-0.2, -0.15) is 0 Å². The van der Waals surface area contributed by atoms with Gasteiger partial charge in [-0.3, -0.25) is 13.6 Å². The van der Waals surface area contributed by atoms with Crippen LogP contribution in [-0.4, -0.2) is 19.8 Å². The molecular formula is C11H25O4P. The van der Waals surface area contributed by atoms with E-state index < -0.39 is 7.82 Å². The van der Waals surface area contributed by atoms with Gasteiger partial charge in [0.05, 0.1) is 19.8 Å². The second-order valence-electron chi connectivity index (χ2n) is 4.66. The molecule has 0 fully saturated rings. The Hall–Kier alpha value is 0.110. The van der Waals surface area contributed by atoms with Crippen molar-refractivity contribution in [2.45, 2.75) is 41.0 Å². The summed E-state index contributed by atoms with van der Waals surface area (Å²) in [5.74, 6) is 0.613. The molecule has 0 unspecified atom stereocenters. The van der Waals surface area contributed by atoms with Crippen molar-refractivity contribution >= 4 is 7.82 Å². The maximum atomic E-state index is 12.1. The van der Waals surface area contributed by atoms with Gasteiger partial charge in [0, 0.05) is 0 Å². The molecule has 0 bridgehead atoms. The Morgan fingerprint density at radius 3 is 1.69 bits per heavy atom. The Bertz CT molecular complexity index is 200. The number of phosphoric acid groups is 1. The van der Waals surface area contributed by atoms with Gasteiger partial charge < -0.3 is 0 Å². The van der Waals surface area contributed by atoms with Crippen LogP contribution in [-0.2, 0) is 18.1 Å². The van der Waals surface area contributed by atoms with Gasteiger partial charge in [0.15, 0.2) is 0 Å². The fourth-order valence-electron chi connectivity index (χ4n) is 0.796. The van der Waals surface area contributed by atoms with E-state index in [0.29, 0.717) is 31.7 Å². The predicted octanol–water partition coefficient (Wildman–Crippen LogP) is 3.87. The van der Waals surface area contributed by atoms with Crippen molar-refractivity contribution in [3.05, 3.63) is 0 Å². The van der Waals surface area contributed by atoms with Crippen molar-refractivity contribution in [1.82, 2.24) is 0 Å². The fraction of sp³-hybridized carbons (Fsp3) is 1.00. The molecule has 0 N–H and O–H groups in total. The summed E-state index contributed by atoms with van der Waals surface area (Å²) >= 11 is 0. The number of phosphoric ester groups is 1. The van der Waals surface area contributed by atoms with Crippen LogP contribution in [0.4, 0.5) is 0 Å². The highest BCUT2D eigenvalue weighted by Crippen LogP contribution is 2.50. The van der Waals surface area contributed by atoms with E-state index >= 15 is 0 Å². The summed E-state index contributed by atoms with van der Waals surface area (Å²) in [6.07, 6.45) is 0.792. The van der Waals surface area contributed by atoms with Crippen LogP contribution < -0.4 is 0 Å². The summed E-state index contributed by atoms with van der Waals surface area (Å²) in [4.78, 5) is 0. The van der Waals surface area contributed by atoms with Crippen molar-refractivity contribution < 1.29 is 18.1 Å². The number of rotatable bonds is 9. The average molecular weight is 252 g/mol. The first-order valence-corrected chi connectivity index (χ1v) is 7.39. The molecule has 0 aromatic heterocycles. The lowest BCUT2D eigenvalue weighted by Gasteiger charge is -2.19. The van der Waals surface area contributed by atoms with Crippen molar-refractivity contribution in [3.63, 3.8) is 0 Å². The standard InChI is InChI=1S/C11H25O4P/c1-6-7-13-16(12,14-8-10(2)3)15-9-11(4)5/h10-11H,6-9H2,1-5H3. The Balaban J connectivity index is 4.18. The van der Waals surface area contributed by atoms with E-state index in [0.717, 1.165) is 6.42 Å². The van der Waals surface area contributed by atoms with Gasteiger partial charge in [0.25, 0.3) is 0 Å². The molecule has 0 atom stereocenters. The highest BCUT2D eigenvalue weighted by Gasteiger charge is 2.26. The van der Waals surface area contributed by atoms with Gasteiger partial charge in [-0.25, -0.2) is 4.57 Å². The Kier molecular flexibility index (Phi) is 8.29. The zero-order chi connectivity index (χ0) is 12.6. The maximum absolute atomic E-state index is 12.1. The van der Waals surface area contributed by atoms with Crippen LogP contribution >= 0.6 is 7.82 Å². The van der Waals surface area contributed by atoms with E-state index in [1.54, 1.807) is 0 Å². The first kappa shape index (κ1) is 16.1. The molecule has 4 nitrogen and oxygen atoms in total. The SMILES string of the molecule is CCCOP(=O)(OCC(C)C)OCC(C)C. The monoisotopic (exact) mass is 252 g/mol. The minimum atomic E-state index is -3.34. The smallest absolute Gasteiger partial charge is 0.287 e. The first-order valence-electron chi connectivity index (χ1n) is 5.93. The molecule has 0 saturated heterocycles. The van der Waals surface area contributed by atoms with Crippen molar-refractivity contribution in [3.8, 4) is 0 Å². The molecule has 0 aliphatic heterocycles. The van der Waals surface area contributed by atoms with Crippen LogP contribution in [0, 0.1) is 11.8 Å². The normalized spacial score (nSPS) is 12.7. The van der Waals surface area contributed by atoms with Gasteiger partial charge in [0.2, 0.25) is 0 Å². The molecule has 16 heavy (non-hydrogen) atoms. The van der Waals surface area contributed by atoms with Crippen LogP contribution in [0.5, 0.6) is 0 Å². The molecule has 98 valence electrons. The summed E-state index contributed by atoms with van der Waals surface area (Å²) in [6, 6.07) is 0. The highest BCUT2D eigenvalue weighted by molar-refractivity contribution is 7.48. The lowest BCUT2D eigenvalue weighted by Crippen LogP contribution is -2.08. The molecule has 0 aromatic carbocycles. The third-order valence-corrected chi connectivity index (χ3v) is 3.01. The second kappa shape index (κ2) is 8.24. The van der Waals surface area contributed by atoms with E-state index in [1.807, 2.05) is 34.6 Å². The summed E-state index contributed by atoms with van der Waals surface area (Å²) in [5, 5.41) is 0. The molecule has 0 saturated carbocycles. The largest absolute Gasteiger partial charge is 0.474 e. The molecule has 0 heterocycles. The third kappa shape index (κ3) is 8.28. The van der Waals surface area contributed by atoms with Crippen molar-refractivity contribution in [2.24, 2.45) is 11.8 Å². The number of hydrogen-bond acceptors (Lipinski definition) is 4. The molecule has 0 amide bonds. The Labute approximate surface area is 99.3 Å². The third-order valence-electron chi connectivity index (χ3n) is 1.59. The minimum absolute atomic E-state index is 0.307. The molecule has 0 spiro atoms. The van der Waals surface area contributed by atoms with Crippen LogP contribution in [0.15, 0.2) is 0 Å². The molecule has 0 aromatic rings. The molecule has 0 radical (unpaired) electrons. The Morgan fingerprint density at radius 1 is 0.938 bits per heavy atom. The van der Waals surface area contributed by atoms with E-state index in [-0.39, 0.29) is 0 Å². The van der Waals surface area contributed by atoms with Crippen LogP contribution in [0.2, 0.25) is 0 Å². The minimum Gasteiger partial charge on any atom is -0.287 e. The summed E-state index contributed by atoms with van der Waals surface area (Å²) in [5.41, 5.74) is 0. The zero-order valence-electron chi connectivity index (χ0n) is 11.1. The molecule has 5 heteroatoms. The predicted molar refractivity (Wildman–Crippen MR) is 65.4 cm³/mol. The van der Waals surface area contributed by atoms with Gasteiger partial charge in [-0.15, -0.1) is 0 Å². The van der Waals surface area contributed by atoms with Gasteiger partial charge in [-0.1, -0.05) is 34.6 Å². The van der Waals surface area contributed by atoms with Crippen molar-refractivity contribution in [1.29, 1.82) is 0 Å². The van der Waals surface area contributed by atoms with E-state index in [9.17, 15) is 4.57 Å². The van der Waals surface area contributed by atoms with Crippen molar-refractivity contribution in [2.75, 3.05) is 19.8 Å². The summed E-state index contributed by atoms with van der Waals surface area (Å²) < 4.78 is 27.8. The van der Waals surface area contributed by atoms with E-state index in [1.165, 1.54) is 0 Å². The Morgan fingerprint density at radius 2 is 1.38 bits per heavy atom. The van der Waals surface area contributed by atoms with E-state index in [2.05, 4.69) is 0 Å². The van der Waals surface area contributed by atoms with Crippen LogP contribution in [0.1, 0.15) is 41.0 Å². The lowest BCUT2D eigenvalue weighted by atomic mass is 10.2. The van der Waals surface area contributed by atoms with Gasteiger partial charge in [0.1, 0.15) is 0 Å². The molecule has 0 aliphatic rings. The fourth-order valence-corrected chi connectivity index (χ4v) is 2.39.